The van der Waals surface area contributed by atoms with Crippen LogP contribution in [0, 0.1) is 5.82 Å². The summed E-state index contributed by atoms with van der Waals surface area (Å²) in [6.07, 6.45) is 0.955. The van der Waals surface area contributed by atoms with Gasteiger partial charge in [0.2, 0.25) is 10.0 Å². The highest BCUT2D eigenvalue weighted by atomic mass is 79.9. The van der Waals surface area contributed by atoms with Crippen LogP contribution in [0.1, 0.15) is 0 Å². The van der Waals surface area contributed by atoms with E-state index >= 15 is 0 Å². The smallest absolute Gasteiger partial charge is 0.233 e. The molecule has 0 radical (unpaired) electrons. The molecule has 0 amide bonds. The normalized spacial score (nSPS) is 12.4. The second kappa shape index (κ2) is 5.54. The SMILES string of the molecule is CS(=O)(=O)CCS(=O)(=O)Nc1ccc(F)c(Br)c1. The highest BCUT2D eigenvalue weighted by molar-refractivity contribution is 9.10. The monoisotopic (exact) mass is 359 g/mol. The van der Waals surface area contributed by atoms with Gasteiger partial charge < -0.3 is 0 Å². The summed E-state index contributed by atoms with van der Waals surface area (Å²) in [7, 11) is -7.12. The summed E-state index contributed by atoms with van der Waals surface area (Å²) in [6.45, 7) is 0. The molecule has 1 aromatic rings. The van der Waals surface area contributed by atoms with Gasteiger partial charge in [-0.05, 0) is 34.1 Å². The zero-order valence-corrected chi connectivity index (χ0v) is 12.6. The van der Waals surface area contributed by atoms with Crippen LogP contribution in [0.15, 0.2) is 22.7 Å². The van der Waals surface area contributed by atoms with Crippen molar-refractivity contribution in [3.8, 4) is 0 Å². The molecule has 0 atom stereocenters. The molecule has 0 aliphatic rings. The van der Waals surface area contributed by atoms with E-state index in [1.54, 1.807) is 0 Å². The zero-order chi connectivity index (χ0) is 14.0. The van der Waals surface area contributed by atoms with Crippen molar-refractivity contribution in [2.75, 3.05) is 22.5 Å². The molecule has 0 heterocycles. The van der Waals surface area contributed by atoms with Crippen LogP contribution in [0.4, 0.5) is 10.1 Å². The first-order chi connectivity index (χ1) is 8.09. The number of halogens is 2. The van der Waals surface area contributed by atoms with Crippen molar-refractivity contribution in [3.05, 3.63) is 28.5 Å². The van der Waals surface area contributed by atoms with Crippen molar-refractivity contribution < 1.29 is 21.2 Å². The van der Waals surface area contributed by atoms with Crippen molar-refractivity contribution in [1.29, 1.82) is 0 Å². The first kappa shape index (κ1) is 15.4. The third-order valence-electron chi connectivity index (χ3n) is 1.92. The van der Waals surface area contributed by atoms with Gasteiger partial charge in [-0.2, -0.15) is 0 Å². The molecule has 0 unspecified atom stereocenters. The van der Waals surface area contributed by atoms with Crippen molar-refractivity contribution in [2.24, 2.45) is 0 Å². The Labute approximate surface area is 113 Å². The van der Waals surface area contributed by atoms with Crippen molar-refractivity contribution in [2.45, 2.75) is 0 Å². The molecular weight excluding hydrogens is 349 g/mol. The number of rotatable bonds is 5. The van der Waals surface area contributed by atoms with E-state index in [9.17, 15) is 21.2 Å². The number of anilines is 1. The number of sulfonamides is 1. The molecule has 0 aromatic heterocycles. The zero-order valence-electron chi connectivity index (χ0n) is 9.35. The minimum atomic E-state index is -3.77. The Hall–Kier alpha value is -0.670. The van der Waals surface area contributed by atoms with Crippen LogP contribution in [0.25, 0.3) is 0 Å². The number of hydrogen-bond acceptors (Lipinski definition) is 4. The summed E-state index contributed by atoms with van der Waals surface area (Å²) >= 11 is 2.92. The number of hydrogen-bond donors (Lipinski definition) is 1. The van der Waals surface area contributed by atoms with E-state index in [1.807, 2.05) is 0 Å². The first-order valence-corrected chi connectivity index (χ1v) is 9.23. The van der Waals surface area contributed by atoms with Crippen molar-refractivity contribution in [1.82, 2.24) is 0 Å². The summed E-state index contributed by atoms with van der Waals surface area (Å²) in [5.41, 5.74) is 0.164. The molecule has 9 heteroatoms. The molecule has 0 fully saturated rings. The molecular formula is C9H11BrFNO4S2. The van der Waals surface area contributed by atoms with Crippen LogP contribution in [0.3, 0.4) is 0 Å². The lowest BCUT2D eigenvalue weighted by molar-refractivity contribution is 0.593. The van der Waals surface area contributed by atoms with E-state index < -0.39 is 37.2 Å². The molecule has 1 N–H and O–H groups in total. The third kappa shape index (κ3) is 5.32. The molecule has 1 aromatic carbocycles. The van der Waals surface area contributed by atoms with Crippen molar-refractivity contribution >= 4 is 41.5 Å². The highest BCUT2D eigenvalue weighted by Crippen LogP contribution is 2.20. The number of nitrogens with one attached hydrogen (secondary N) is 1. The maximum atomic E-state index is 12.9. The van der Waals surface area contributed by atoms with Gasteiger partial charge in [0.05, 0.1) is 16.0 Å². The Kier molecular flexibility index (Phi) is 4.73. The van der Waals surface area contributed by atoms with Gasteiger partial charge in [-0.3, -0.25) is 4.72 Å². The predicted octanol–water partition coefficient (Wildman–Crippen LogP) is 1.37. The molecule has 0 spiro atoms. The minimum Gasteiger partial charge on any atom is -0.283 e. The Balaban J connectivity index is 2.80. The Morgan fingerprint density at radius 1 is 1.22 bits per heavy atom. The van der Waals surface area contributed by atoms with Crippen LogP contribution < -0.4 is 4.72 Å². The van der Waals surface area contributed by atoms with E-state index in [1.165, 1.54) is 12.1 Å². The Morgan fingerprint density at radius 3 is 2.33 bits per heavy atom. The van der Waals surface area contributed by atoms with E-state index in [0.29, 0.717) is 0 Å². The molecule has 0 aliphatic carbocycles. The van der Waals surface area contributed by atoms with E-state index in [0.717, 1.165) is 12.3 Å². The lowest BCUT2D eigenvalue weighted by Crippen LogP contribution is -2.22. The lowest BCUT2D eigenvalue weighted by Gasteiger charge is -2.08. The molecule has 102 valence electrons. The molecule has 5 nitrogen and oxygen atoms in total. The van der Waals surface area contributed by atoms with Gasteiger partial charge in [-0.15, -0.1) is 0 Å². The Bertz CT molecular complexity index is 643. The molecule has 18 heavy (non-hydrogen) atoms. The predicted molar refractivity (Wildman–Crippen MR) is 71.2 cm³/mol. The van der Waals surface area contributed by atoms with Gasteiger partial charge in [0, 0.05) is 11.9 Å². The number of sulfone groups is 1. The van der Waals surface area contributed by atoms with E-state index in [-0.39, 0.29) is 10.2 Å². The largest absolute Gasteiger partial charge is 0.283 e. The molecule has 0 saturated carbocycles. The average Bonchev–Trinajstić information content (AvgIpc) is 2.20. The molecule has 1 rings (SSSR count). The fourth-order valence-corrected chi connectivity index (χ4v) is 4.11. The van der Waals surface area contributed by atoms with Crippen LogP contribution >= 0.6 is 15.9 Å². The first-order valence-electron chi connectivity index (χ1n) is 4.72. The van der Waals surface area contributed by atoms with Crippen LogP contribution in [0.5, 0.6) is 0 Å². The van der Waals surface area contributed by atoms with Gasteiger partial charge in [0.1, 0.15) is 15.7 Å². The Morgan fingerprint density at radius 2 is 1.83 bits per heavy atom. The van der Waals surface area contributed by atoms with Gasteiger partial charge in [-0.25, -0.2) is 21.2 Å². The van der Waals surface area contributed by atoms with Crippen LogP contribution in [-0.2, 0) is 19.9 Å². The summed E-state index contributed by atoms with van der Waals surface area (Å²) in [5, 5.41) is 0. The van der Waals surface area contributed by atoms with E-state index in [2.05, 4.69) is 20.7 Å². The average molecular weight is 360 g/mol. The standard InChI is InChI=1S/C9H11BrFNO4S2/c1-17(13,14)4-5-18(15,16)12-7-2-3-9(11)8(10)6-7/h2-3,6,12H,4-5H2,1H3. The quantitative estimate of drug-likeness (QED) is 0.860. The van der Waals surface area contributed by atoms with Crippen LogP contribution in [0.2, 0.25) is 0 Å². The topological polar surface area (TPSA) is 80.3 Å². The van der Waals surface area contributed by atoms with Gasteiger partial charge >= 0.3 is 0 Å². The fourth-order valence-electron chi connectivity index (χ4n) is 1.05. The third-order valence-corrected chi connectivity index (χ3v) is 5.02. The minimum absolute atomic E-state index is 0.116. The summed E-state index contributed by atoms with van der Waals surface area (Å²) < 4.78 is 60.1. The summed E-state index contributed by atoms with van der Waals surface area (Å²) in [6, 6.07) is 3.60. The second-order valence-corrected chi connectivity index (χ2v) is 8.64. The summed E-state index contributed by atoms with van der Waals surface area (Å²) in [5.74, 6) is -1.53. The molecule has 0 bridgehead atoms. The van der Waals surface area contributed by atoms with Crippen molar-refractivity contribution in [3.63, 3.8) is 0 Å². The van der Waals surface area contributed by atoms with Gasteiger partial charge in [-0.1, -0.05) is 0 Å². The van der Waals surface area contributed by atoms with Gasteiger partial charge in [0.25, 0.3) is 0 Å². The maximum absolute atomic E-state index is 12.9. The molecule has 0 saturated heterocycles. The maximum Gasteiger partial charge on any atom is 0.233 e. The lowest BCUT2D eigenvalue weighted by atomic mass is 10.3. The summed E-state index contributed by atoms with van der Waals surface area (Å²) in [4.78, 5) is 0. The fraction of sp³-hybridized carbons (Fsp3) is 0.333. The van der Waals surface area contributed by atoms with Gasteiger partial charge in [0.15, 0.2) is 0 Å². The van der Waals surface area contributed by atoms with E-state index in [4.69, 9.17) is 0 Å². The second-order valence-electron chi connectivity index (χ2n) is 3.68. The highest BCUT2D eigenvalue weighted by Gasteiger charge is 2.15. The number of benzene rings is 1. The molecule has 0 aliphatic heterocycles. The van der Waals surface area contributed by atoms with Crippen LogP contribution in [-0.4, -0.2) is 34.6 Å².